The Labute approximate surface area is 605 Å². The molecule has 3 heterocycles. The monoisotopic (exact) mass is 1490 g/mol. The molecule has 3 saturated heterocycles. The SMILES string of the molecule is CC.CCO.COCCCNC(=O)CCCCCNC(=O)C(CCCCNC(=O)CCCCO[C@@H]1OC[C@H](O)[C@H](O)C1C)CC(=O)C(CCCCNC(=O)CCCCO[C@@H]1OC(CO)[C@H](O)[C@H](O)C1C)NC(=O)CCCCO[C@@H]1OC(CO)[C@H](O)[C@H](O)C1C.COP(=O)(O)OCCCCCCN. The summed E-state index contributed by atoms with van der Waals surface area (Å²) in [6, 6.07) is -0.948. The molecule has 3 fully saturated rings. The van der Waals surface area contributed by atoms with Crippen molar-refractivity contribution >= 4 is 43.1 Å². The molecule has 0 radical (unpaired) electrons. The fraction of sp³-hybridized carbons (Fsp3) is 0.913. The van der Waals surface area contributed by atoms with Crippen molar-refractivity contribution in [1.82, 2.24) is 26.6 Å². The van der Waals surface area contributed by atoms with E-state index in [9.17, 15) is 74.2 Å². The first-order chi connectivity index (χ1) is 48.9. The number of carbonyl (C=O) groups excluding carboxylic acids is 6. The number of phosphoric ester groups is 1. The second-order valence-electron chi connectivity index (χ2n) is 25.7. The summed E-state index contributed by atoms with van der Waals surface area (Å²) >= 11 is 0. The quantitative estimate of drug-likeness (QED) is 0.0306. The molecule has 602 valence electrons. The molecule has 17 atom stereocenters. The summed E-state index contributed by atoms with van der Waals surface area (Å²) in [7, 11) is -1.00. The molecule has 5 amide bonds. The van der Waals surface area contributed by atoms with Gasteiger partial charge in [0.1, 0.15) is 30.5 Å². The van der Waals surface area contributed by atoms with E-state index in [0.717, 1.165) is 32.8 Å². The molecule has 0 spiro atoms. The van der Waals surface area contributed by atoms with Crippen molar-refractivity contribution in [2.45, 2.75) is 276 Å². The van der Waals surface area contributed by atoms with Crippen molar-refractivity contribution < 1.29 is 126 Å². The summed E-state index contributed by atoms with van der Waals surface area (Å²) in [5, 5.41) is 102. The fourth-order valence-electron chi connectivity index (χ4n) is 11.0. The number of methoxy groups -OCH3 is 1. The van der Waals surface area contributed by atoms with Crippen molar-refractivity contribution in [3.8, 4) is 0 Å². The average Bonchev–Trinajstić information content (AvgIpc) is 0.834. The molecule has 33 heteroatoms. The highest BCUT2D eigenvalue weighted by atomic mass is 31.2. The highest BCUT2D eigenvalue weighted by Crippen LogP contribution is 2.42. The van der Waals surface area contributed by atoms with Gasteiger partial charge >= 0.3 is 7.82 Å². The standard InChI is InChI=1S/C58H105N5O21.C7H18NO4P.C2H6O.C2H6/c1-37-50(72)43(67)36-82-56(37)79-30-15-9-22-47(69)59-25-13-7-19-40(55(77)62-27-12-5-6-21-46(68)61-28-18-29-78-4)33-42(66)41(63-49(71)24-11-17-32-81-58-39(3)52(74)54(76)45(35-65)84-58)20-8-14-26-60-48(70)23-10-16-31-80-57-38(2)51(73)53(75)44(34-64)83-57;1-11-13(9,10)12-7-5-3-2-4-6-8;1-2-3;1-2/h37-41,43-45,50-54,56-58,64-65,67,72-76H,5-36H2,1-4H3,(H,59,69)(H,60,70)(H,61,68)(H,62,77)(H,63,71);2-8H2,1H3,(H,9,10);3H,2H2,1H3;1-2H3/t37?,38?,39?,40?,41?,43-,44?,45?,50+,51+,52+,53-,54-,56+,57+,58+;;;/m0.../s1. The van der Waals surface area contributed by atoms with Crippen LogP contribution in [-0.4, -0.2) is 266 Å². The maximum atomic E-state index is 14.3. The molecule has 32 nitrogen and oxygen atoms in total. The van der Waals surface area contributed by atoms with Crippen LogP contribution in [0.15, 0.2) is 0 Å². The van der Waals surface area contributed by atoms with Crippen molar-refractivity contribution in [2.24, 2.45) is 29.4 Å². The predicted octanol–water partition coefficient (Wildman–Crippen LogP) is 2.17. The van der Waals surface area contributed by atoms with E-state index in [1.54, 1.807) is 34.8 Å². The summed E-state index contributed by atoms with van der Waals surface area (Å²) in [6.45, 7) is 13.7. The highest BCUT2D eigenvalue weighted by molar-refractivity contribution is 7.47. The molecule has 0 aromatic rings. The molecule has 0 aromatic heterocycles. The maximum Gasteiger partial charge on any atom is 0.471 e. The van der Waals surface area contributed by atoms with E-state index in [2.05, 4.69) is 35.6 Å². The molecule has 0 saturated carbocycles. The minimum atomic E-state index is -3.75. The third-order valence-corrected chi connectivity index (χ3v) is 18.3. The Balaban J connectivity index is 0.00000499. The zero-order chi connectivity index (χ0) is 76.7. The first-order valence-electron chi connectivity index (χ1n) is 37.2. The van der Waals surface area contributed by atoms with Crippen molar-refractivity contribution in [3.05, 3.63) is 0 Å². The average molecular weight is 1500 g/mol. The summed E-state index contributed by atoms with van der Waals surface area (Å²) in [5.74, 6) is -3.71. The molecular weight excluding hydrogens is 1360 g/mol. The van der Waals surface area contributed by atoms with E-state index >= 15 is 0 Å². The first kappa shape index (κ1) is 98.5. The minimum Gasteiger partial charge on any atom is -0.397 e. The van der Waals surface area contributed by atoms with Crippen LogP contribution in [0.25, 0.3) is 0 Å². The van der Waals surface area contributed by atoms with E-state index in [4.69, 9.17) is 48.9 Å². The zero-order valence-electron chi connectivity index (χ0n) is 62.3. The van der Waals surface area contributed by atoms with Crippen molar-refractivity contribution in [1.29, 1.82) is 0 Å². The molecule has 3 aliphatic heterocycles. The van der Waals surface area contributed by atoms with Crippen LogP contribution in [0.4, 0.5) is 0 Å². The molecule has 3 rings (SSSR count). The summed E-state index contributed by atoms with van der Waals surface area (Å²) < 4.78 is 58.6. The number of aliphatic hydroxyl groups is 9. The Morgan fingerprint density at radius 2 is 0.922 bits per heavy atom. The molecular formula is C69H135N6O26P. The largest absolute Gasteiger partial charge is 0.471 e. The van der Waals surface area contributed by atoms with Crippen LogP contribution < -0.4 is 32.3 Å². The lowest BCUT2D eigenvalue weighted by Crippen LogP contribution is -2.55. The van der Waals surface area contributed by atoms with Crippen LogP contribution in [0.1, 0.15) is 202 Å². The van der Waals surface area contributed by atoms with Crippen LogP contribution >= 0.6 is 7.82 Å². The van der Waals surface area contributed by atoms with Crippen molar-refractivity contribution in [2.75, 3.05) is 106 Å². The van der Waals surface area contributed by atoms with Gasteiger partial charge < -0.3 is 116 Å². The number of aliphatic hydroxyl groups excluding tert-OH is 9. The molecule has 3 aliphatic rings. The Morgan fingerprint density at radius 1 is 0.510 bits per heavy atom. The van der Waals surface area contributed by atoms with Gasteiger partial charge in [-0.15, -0.1) is 0 Å². The van der Waals surface area contributed by atoms with Gasteiger partial charge in [-0.3, -0.25) is 37.8 Å². The van der Waals surface area contributed by atoms with E-state index in [1.807, 2.05) is 13.8 Å². The Morgan fingerprint density at radius 3 is 1.40 bits per heavy atom. The van der Waals surface area contributed by atoms with Gasteiger partial charge in [0.05, 0.1) is 50.8 Å². The van der Waals surface area contributed by atoms with Gasteiger partial charge in [-0.2, -0.15) is 0 Å². The zero-order valence-corrected chi connectivity index (χ0v) is 63.2. The number of ketones is 1. The fourth-order valence-corrected chi connectivity index (χ4v) is 11.4. The molecule has 102 heavy (non-hydrogen) atoms. The minimum absolute atomic E-state index is 0.0219. The number of hydrogen-bond acceptors (Lipinski definition) is 26. The Kier molecular flexibility index (Phi) is 59.3. The topological polar surface area (TPSA) is 491 Å². The van der Waals surface area contributed by atoms with Crippen LogP contribution in [-0.2, 0) is 75.5 Å². The summed E-state index contributed by atoms with van der Waals surface area (Å²) in [5.41, 5.74) is 5.30. The third-order valence-electron chi connectivity index (χ3n) is 17.3. The number of phosphoric acid groups is 1. The van der Waals surface area contributed by atoms with Gasteiger partial charge in [-0.25, -0.2) is 4.57 Å². The first-order valence-corrected chi connectivity index (χ1v) is 38.7. The lowest BCUT2D eigenvalue weighted by Gasteiger charge is -2.40. The van der Waals surface area contributed by atoms with Crippen LogP contribution in [0.2, 0.25) is 0 Å². The van der Waals surface area contributed by atoms with Crippen molar-refractivity contribution in [3.63, 3.8) is 0 Å². The van der Waals surface area contributed by atoms with E-state index in [-0.39, 0.29) is 100 Å². The Hall–Kier alpha value is -3.55. The van der Waals surface area contributed by atoms with Gasteiger partial charge in [-0.1, -0.05) is 60.3 Å². The Bertz CT molecular complexity index is 2200. The van der Waals surface area contributed by atoms with Crippen LogP contribution in [0.5, 0.6) is 0 Å². The molecule has 0 aliphatic carbocycles. The highest BCUT2D eigenvalue weighted by Gasteiger charge is 2.44. The number of ether oxygens (including phenoxy) is 7. The third kappa shape index (κ3) is 44.5. The van der Waals surface area contributed by atoms with Gasteiger partial charge in [0.2, 0.25) is 29.5 Å². The van der Waals surface area contributed by atoms with E-state index in [0.29, 0.717) is 149 Å². The van der Waals surface area contributed by atoms with Gasteiger partial charge in [0.15, 0.2) is 24.7 Å². The number of nitrogens with two attached hydrogens (primary N) is 1. The normalized spacial score (nSPS) is 25.1. The maximum absolute atomic E-state index is 14.3. The predicted molar refractivity (Wildman–Crippen MR) is 378 cm³/mol. The lowest BCUT2D eigenvalue weighted by molar-refractivity contribution is -0.282. The van der Waals surface area contributed by atoms with Gasteiger partial charge in [0, 0.05) is 129 Å². The molecule has 0 aromatic carbocycles. The smallest absolute Gasteiger partial charge is 0.397 e. The number of rotatable bonds is 53. The number of nitrogens with one attached hydrogen (secondary N) is 5. The lowest BCUT2D eigenvalue weighted by atomic mass is 9.91. The van der Waals surface area contributed by atoms with Gasteiger partial charge in [-0.05, 0) is 116 Å². The number of carbonyl (C=O) groups is 6. The molecule has 17 N–H and O–H groups in total. The second-order valence-corrected chi connectivity index (χ2v) is 27.3. The number of unbranched alkanes of at least 4 members (excludes halogenated alkanes) is 10. The summed E-state index contributed by atoms with van der Waals surface area (Å²) in [4.78, 5) is 88.1. The van der Waals surface area contributed by atoms with Gasteiger partial charge in [0.25, 0.3) is 0 Å². The number of amides is 5. The second kappa shape index (κ2) is 61.5. The van der Waals surface area contributed by atoms with Crippen LogP contribution in [0.3, 0.4) is 0 Å². The van der Waals surface area contributed by atoms with E-state index in [1.165, 1.54) is 0 Å². The number of hydrogen-bond donors (Lipinski definition) is 16. The van der Waals surface area contributed by atoms with E-state index < -0.39 is 118 Å². The van der Waals surface area contributed by atoms with Crippen LogP contribution in [0, 0.1) is 23.7 Å². The molecule has 8 unspecified atom stereocenters. The summed E-state index contributed by atoms with van der Waals surface area (Å²) in [6.07, 6.45) is 1.46. The molecule has 0 bridgehead atoms. The number of Topliss-reactive ketones (excluding diaryl/α,β-unsaturated/α-hetero) is 1.